The molecular formula is C12H13ClO2. The first-order chi connectivity index (χ1) is 7.27. The number of halogens is 1. The monoisotopic (exact) mass is 224 g/mol. The topological polar surface area (TPSA) is 26.3 Å². The number of Topliss-reactive ketones (excluding diaryl/α,β-unsaturated/α-hetero) is 1. The van der Waals surface area contributed by atoms with E-state index in [1.807, 2.05) is 12.1 Å². The summed E-state index contributed by atoms with van der Waals surface area (Å²) in [7, 11) is 0. The number of hydrogen-bond acceptors (Lipinski definition) is 2. The van der Waals surface area contributed by atoms with Gasteiger partial charge in [-0.2, -0.15) is 0 Å². The molecule has 0 N–H and O–H groups in total. The summed E-state index contributed by atoms with van der Waals surface area (Å²) in [5.41, 5.74) is 0.631. The molecule has 1 saturated heterocycles. The Balaban J connectivity index is 2.04. The highest BCUT2D eigenvalue weighted by atomic mass is 35.5. The van der Waals surface area contributed by atoms with Gasteiger partial charge in [0, 0.05) is 25.2 Å². The van der Waals surface area contributed by atoms with Gasteiger partial charge in [0.05, 0.1) is 5.02 Å². The zero-order valence-corrected chi connectivity index (χ0v) is 9.17. The first-order valence-electron chi connectivity index (χ1n) is 5.13. The van der Waals surface area contributed by atoms with Gasteiger partial charge in [-0.05, 0) is 24.5 Å². The molecule has 1 aliphatic rings. The van der Waals surface area contributed by atoms with E-state index in [0.29, 0.717) is 29.5 Å². The number of carbonyl (C=O) groups is 1. The summed E-state index contributed by atoms with van der Waals surface area (Å²) in [5.74, 6) is 0.491. The van der Waals surface area contributed by atoms with E-state index in [1.165, 1.54) is 0 Å². The van der Waals surface area contributed by atoms with Crippen molar-refractivity contribution in [3.8, 4) is 0 Å². The van der Waals surface area contributed by atoms with Crippen LogP contribution in [0.4, 0.5) is 0 Å². The van der Waals surface area contributed by atoms with Crippen LogP contribution in [0.5, 0.6) is 0 Å². The molecule has 0 radical (unpaired) electrons. The lowest BCUT2D eigenvalue weighted by molar-refractivity contribution is 0.0953. The quantitative estimate of drug-likeness (QED) is 0.738. The average Bonchev–Trinajstić information content (AvgIpc) is 2.71. The molecule has 0 saturated carbocycles. The fourth-order valence-electron chi connectivity index (χ4n) is 1.80. The number of ketones is 1. The number of rotatable bonds is 3. The molecule has 15 heavy (non-hydrogen) atoms. The van der Waals surface area contributed by atoms with Crippen LogP contribution in [0.1, 0.15) is 23.2 Å². The highest BCUT2D eigenvalue weighted by Crippen LogP contribution is 2.22. The summed E-state index contributed by atoms with van der Waals surface area (Å²) in [6.07, 6.45) is 1.53. The molecule has 1 aromatic carbocycles. The van der Waals surface area contributed by atoms with Crippen LogP contribution in [0.25, 0.3) is 0 Å². The minimum atomic E-state index is 0.121. The zero-order valence-electron chi connectivity index (χ0n) is 8.41. The van der Waals surface area contributed by atoms with Crippen LogP contribution in [0.2, 0.25) is 5.02 Å². The lowest BCUT2D eigenvalue weighted by Gasteiger charge is -2.07. The van der Waals surface area contributed by atoms with Gasteiger partial charge in [-0.3, -0.25) is 4.79 Å². The molecule has 0 aromatic heterocycles. The Morgan fingerprint density at radius 2 is 2.27 bits per heavy atom. The standard InChI is InChI=1S/C12H13ClO2/c13-11-4-2-1-3-10(11)12(14)7-9-5-6-15-8-9/h1-4,9H,5-8H2. The average molecular weight is 225 g/mol. The predicted molar refractivity (Wildman–Crippen MR) is 59.3 cm³/mol. The fraction of sp³-hybridized carbons (Fsp3) is 0.417. The van der Waals surface area contributed by atoms with Crippen molar-refractivity contribution in [2.75, 3.05) is 13.2 Å². The van der Waals surface area contributed by atoms with Gasteiger partial charge >= 0.3 is 0 Å². The Bertz CT molecular complexity index is 356. The Kier molecular flexibility index (Phi) is 3.39. The van der Waals surface area contributed by atoms with Gasteiger partial charge in [-0.15, -0.1) is 0 Å². The molecule has 80 valence electrons. The van der Waals surface area contributed by atoms with E-state index in [4.69, 9.17) is 16.3 Å². The Morgan fingerprint density at radius 1 is 1.47 bits per heavy atom. The van der Waals surface area contributed by atoms with Crippen molar-refractivity contribution in [1.82, 2.24) is 0 Å². The summed E-state index contributed by atoms with van der Waals surface area (Å²) in [5, 5.41) is 0.543. The number of ether oxygens (including phenoxy) is 1. The van der Waals surface area contributed by atoms with Crippen LogP contribution in [-0.4, -0.2) is 19.0 Å². The highest BCUT2D eigenvalue weighted by molar-refractivity contribution is 6.33. The molecule has 1 aliphatic heterocycles. The number of hydrogen-bond donors (Lipinski definition) is 0. The molecule has 1 unspecified atom stereocenters. The lowest BCUT2D eigenvalue weighted by Crippen LogP contribution is -2.09. The summed E-state index contributed by atoms with van der Waals surface area (Å²) in [6, 6.07) is 7.20. The summed E-state index contributed by atoms with van der Waals surface area (Å²) in [6.45, 7) is 1.48. The normalized spacial score (nSPS) is 20.5. The van der Waals surface area contributed by atoms with Gasteiger partial charge in [-0.1, -0.05) is 23.7 Å². The fourth-order valence-corrected chi connectivity index (χ4v) is 2.04. The minimum absolute atomic E-state index is 0.121. The molecule has 0 spiro atoms. The lowest BCUT2D eigenvalue weighted by atomic mass is 9.98. The summed E-state index contributed by atoms with van der Waals surface area (Å²) >= 11 is 5.95. The van der Waals surface area contributed by atoms with Crippen molar-refractivity contribution in [2.24, 2.45) is 5.92 Å². The van der Waals surface area contributed by atoms with E-state index in [9.17, 15) is 4.79 Å². The van der Waals surface area contributed by atoms with E-state index < -0.39 is 0 Å². The van der Waals surface area contributed by atoms with Crippen molar-refractivity contribution < 1.29 is 9.53 Å². The van der Waals surface area contributed by atoms with Crippen molar-refractivity contribution in [1.29, 1.82) is 0 Å². The van der Waals surface area contributed by atoms with Crippen LogP contribution in [0.3, 0.4) is 0 Å². The van der Waals surface area contributed by atoms with Gasteiger partial charge in [0.25, 0.3) is 0 Å². The Labute approximate surface area is 94.2 Å². The minimum Gasteiger partial charge on any atom is -0.381 e. The van der Waals surface area contributed by atoms with Gasteiger partial charge in [0.2, 0.25) is 0 Å². The van der Waals surface area contributed by atoms with Crippen LogP contribution in [0.15, 0.2) is 24.3 Å². The largest absolute Gasteiger partial charge is 0.381 e. The van der Waals surface area contributed by atoms with Crippen molar-refractivity contribution in [3.05, 3.63) is 34.9 Å². The molecular weight excluding hydrogens is 212 g/mol. The maximum Gasteiger partial charge on any atom is 0.164 e. The maximum atomic E-state index is 11.9. The molecule has 0 amide bonds. The second-order valence-electron chi connectivity index (χ2n) is 3.84. The molecule has 1 aromatic rings. The van der Waals surface area contributed by atoms with E-state index >= 15 is 0 Å². The SMILES string of the molecule is O=C(CC1CCOC1)c1ccccc1Cl. The molecule has 1 atom stereocenters. The molecule has 2 rings (SSSR count). The van der Waals surface area contributed by atoms with Gasteiger partial charge < -0.3 is 4.74 Å². The first kappa shape index (κ1) is 10.7. The van der Waals surface area contributed by atoms with Gasteiger partial charge in [0.1, 0.15) is 0 Å². The van der Waals surface area contributed by atoms with E-state index in [2.05, 4.69) is 0 Å². The van der Waals surface area contributed by atoms with Crippen molar-refractivity contribution >= 4 is 17.4 Å². The molecule has 1 fully saturated rings. The van der Waals surface area contributed by atoms with Crippen LogP contribution in [-0.2, 0) is 4.74 Å². The number of benzene rings is 1. The van der Waals surface area contributed by atoms with Crippen LogP contribution < -0.4 is 0 Å². The summed E-state index contributed by atoms with van der Waals surface area (Å²) in [4.78, 5) is 11.9. The Hall–Kier alpha value is -0.860. The van der Waals surface area contributed by atoms with E-state index in [-0.39, 0.29) is 5.78 Å². The van der Waals surface area contributed by atoms with Crippen molar-refractivity contribution in [3.63, 3.8) is 0 Å². The zero-order chi connectivity index (χ0) is 10.7. The van der Waals surface area contributed by atoms with Crippen LogP contribution >= 0.6 is 11.6 Å². The van der Waals surface area contributed by atoms with Crippen molar-refractivity contribution in [2.45, 2.75) is 12.8 Å². The second kappa shape index (κ2) is 4.77. The van der Waals surface area contributed by atoms with E-state index in [1.54, 1.807) is 12.1 Å². The first-order valence-corrected chi connectivity index (χ1v) is 5.50. The molecule has 1 heterocycles. The third kappa shape index (κ3) is 2.58. The Morgan fingerprint density at radius 3 is 2.93 bits per heavy atom. The molecule has 0 bridgehead atoms. The number of carbonyl (C=O) groups excluding carboxylic acids is 1. The third-order valence-electron chi connectivity index (χ3n) is 2.67. The van der Waals surface area contributed by atoms with E-state index in [0.717, 1.165) is 13.0 Å². The molecule has 0 aliphatic carbocycles. The second-order valence-corrected chi connectivity index (χ2v) is 4.24. The highest BCUT2D eigenvalue weighted by Gasteiger charge is 2.20. The maximum absolute atomic E-state index is 11.9. The van der Waals surface area contributed by atoms with Gasteiger partial charge in [-0.25, -0.2) is 0 Å². The summed E-state index contributed by atoms with van der Waals surface area (Å²) < 4.78 is 5.24. The third-order valence-corrected chi connectivity index (χ3v) is 3.00. The molecule has 3 heteroatoms. The predicted octanol–water partition coefficient (Wildman–Crippen LogP) is 2.95. The molecule has 2 nitrogen and oxygen atoms in total. The van der Waals surface area contributed by atoms with Crippen LogP contribution in [0, 0.1) is 5.92 Å². The van der Waals surface area contributed by atoms with Gasteiger partial charge in [0.15, 0.2) is 5.78 Å². The smallest absolute Gasteiger partial charge is 0.164 e.